The van der Waals surface area contributed by atoms with Gasteiger partial charge in [-0.2, -0.15) is 0 Å². The molecule has 0 aliphatic carbocycles. The van der Waals surface area contributed by atoms with Crippen LogP contribution in [0.3, 0.4) is 0 Å². The number of aliphatic imine (C=N–C) groups is 1. The number of hydrogen-bond donors (Lipinski definition) is 2. The van der Waals surface area contributed by atoms with E-state index in [-0.39, 0.29) is 30.0 Å². The smallest absolute Gasteiger partial charge is 0.195 e. The fourth-order valence-electron chi connectivity index (χ4n) is 3.87. The highest BCUT2D eigenvalue weighted by Crippen LogP contribution is 2.30. The van der Waals surface area contributed by atoms with Gasteiger partial charge in [0.15, 0.2) is 17.5 Å². The van der Waals surface area contributed by atoms with E-state index in [1.165, 1.54) is 18.4 Å². The van der Waals surface area contributed by atoms with E-state index in [4.69, 9.17) is 19.2 Å². The van der Waals surface area contributed by atoms with Crippen LogP contribution in [0.1, 0.15) is 31.4 Å². The maximum atomic E-state index is 5.45. The lowest BCUT2D eigenvalue weighted by atomic mass is 10.1. The first kappa shape index (κ1) is 26.1. The van der Waals surface area contributed by atoms with Crippen molar-refractivity contribution in [2.75, 3.05) is 52.8 Å². The molecule has 1 aliphatic rings. The number of likely N-dealkylation sites (tertiary alicyclic amines) is 1. The molecule has 8 heteroatoms. The van der Waals surface area contributed by atoms with Gasteiger partial charge >= 0.3 is 0 Å². The van der Waals surface area contributed by atoms with Crippen LogP contribution < -0.4 is 24.8 Å². The predicted molar refractivity (Wildman–Crippen MR) is 141 cm³/mol. The van der Waals surface area contributed by atoms with Gasteiger partial charge in [0.2, 0.25) is 0 Å². The number of nitrogens with one attached hydrogen (secondary N) is 2. The zero-order valence-electron chi connectivity index (χ0n) is 19.4. The number of guanidine groups is 1. The van der Waals surface area contributed by atoms with E-state index in [1.807, 2.05) is 30.3 Å². The summed E-state index contributed by atoms with van der Waals surface area (Å²) in [7, 11) is 4.97. The van der Waals surface area contributed by atoms with Crippen LogP contribution in [0, 0.1) is 0 Å². The molecular weight excluding hydrogens is 519 g/mol. The largest absolute Gasteiger partial charge is 0.497 e. The summed E-state index contributed by atoms with van der Waals surface area (Å²) in [5.74, 6) is 2.99. The van der Waals surface area contributed by atoms with Crippen molar-refractivity contribution in [1.29, 1.82) is 0 Å². The Morgan fingerprint density at radius 1 is 1.00 bits per heavy atom. The number of hydrogen-bond acceptors (Lipinski definition) is 5. The van der Waals surface area contributed by atoms with Crippen LogP contribution in [0.2, 0.25) is 0 Å². The minimum absolute atomic E-state index is 0. The molecular formula is C24H35IN4O3. The highest BCUT2D eigenvalue weighted by atomic mass is 127. The van der Waals surface area contributed by atoms with Gasteiger partial charge in [-0.3, -0.25) is 9.89 Å². The third-order valence-corrected chi connectivity index (χ3v) is 5.47. The quantitative estimate of drug-likeness (QED) is 0.270. The van der Waals surface area contributed by atoms with Gasteiger partial charge < -0.3 is 24.8 Å². The van der Waals surface area contributed by atoms with Gasteiger partial charge in [-0.15, -0.1) is 24.0 Å². The van der Waals surface area contributed by atoms with Gasteiger partial charge in [0, 0.05) is 18.3 Å². The van der Waals surface area contributed by atoms with E-state index in [1.54, 1.807) is 21.3 Å². The van der Waals surface area contributed by atoms with Crippen molar-refractivity contribution in [3.05, 3.63) is 48.0 Å². The summed E-state index contributed by atoms with van der Waals surface area (Å²) in [6.45, 7) is 5.67. The second-order valence-electron chi connectivity index (χ2n) is 7.45. The Kier molecular flexibility index (Phi) is 10.9. The van der Waals surface area contributed by atoms with E-state index in [0.29, 0.717) is 18.0 Å². The summed E-state index contributed by atoms with van der Waals surface area (Å²) in [6.07, 6.45) is 2.46. The molecule has 2 N–H and O–H groups in total. The zero-order valence-corrected chi connectivity index (χ0v) is 21.7. The Morgan fingerprint density at radius 2 is 1.75 bits per heavy atom. The van der Waals surface area contributed by atoms with Gasteiger partial charge in [-0.05, 0) is 62.7 Å². The molecule has 1 atom stereocenters. The van der Waals surface area contributed by atoms with Gasteiger partial charge in [-0.1, -0.05) is 12.1 Å². The van der Waals surface area contributed by atoms with Gasteiger partial charge in [0.05, 0.1) is 33.9 Å². The molecule has 0 amide bonds. The molecule has 32 heavy (non-hydrogen) atoms. The van der Waals surface area contributed by atoms with E-state index < -0.39 is 0 Å². The van der Waals surface area contributed by atoms with Crippen molar-refractivity contribution in [2.24, 2.45) is 4.99 Å². The molecule has 1 unspecified atom stereocenters. The second kappa shape index (κ2) is 13.4. The normalized spacial score (nSPS) is 14.9. The standard InChI is InChI=1S/C24H34N4O3.HI/c1-5-25-24(27-19-11-12-22(30-3)23(16-19)31-4)26-17-21(28-13-6-7-14-28)18-9-8-10-20(15-18)29-2;/h8-12,15-16,21H,5-7,13-14,17H2,1-4H3,(H2,25,26,27);1H. The Bertz CT molecular complexity index is 872. The molecule has 2 aromatic rings. The average molecular weight is 554 g/mol. The van der Waals surface area contributed by atoms with Crippen molar-refractivity contribution in [3.8, 4) is 17.2 Å². The Morgan fingerprint density at radius 3 is 2.41 bits per heavy atom. The van der Waals surface area contributed by atoms with E-state index in [9.17, 15) is 0 Å². The number of nitrogens with zero attached hydrogens (tertiary/aromatic N) is 2. The summed E-state index contributed by atoms with van der Waals surface area (Å²) < 4.78 is 16.2. The van der Waals surface area contributed by atoms with Crippen LogP contribution in [0.5, 0.6) is 17.2 Å². The summed E-state index contributed by atoms with van der Waals surface area (Å²) in [4.78, 5) is 7.44. The number of ether oxygens (including phenoxy) is 3. The zero-order chi connectivity index (χ0) is 22.1. The van der Waals surface area contributed by atoms with Crippen molar-refractivity contribution >= 4 is 35.6 Å². The molecule has 7 nitrogen and oxygen atoms in total. The molecule has 3 rings (SSSR count). The number of anilines is 1. The third kappa shape index (κ3) is 6.90. The fourth-order valence-corrected chi connectivity index (χ4v) is 3.87. The summed E-state index contributed by atoms with van der Waals surface area (Å²) in [6, 6.07) is 14.3. The van der Waals surface area contributed by atoms with Crippen LogP contribution in [-0.2, 0) is 0 Å². The van der Waals surface area contributed by atoms with Crippen LogP contribution in [0.15, 0.2) is 47.5 Å². The van der Waals surface area contributed by atoms with Crippen LogP contribution >= 0.6 is 24.0 Å². The maximum absolute atomic E-state index is 5.45. The summed E-state index contributed by atoms with van der Waals surface area (Å²) in [5, 5.41) is 6.73. The molecule has 1 saturated heterocycles. The molecule has 0 bridgehead atoms. The van der Waals surface area contributed by atoms with E-state index in [0.717, 1.165) is 37.0 Å². The molecule has 0 spiro atoms. The molecule has 0 saturated carbocycles. The topological polar surface area (TPSA) is 67.4 Å². The van der Waals surface area contributed by atoms with Gasteiger partial charge in [0.1, 0.15) is 5.75 Å². The molecule has 176 valence electrons. The minimum Gasteiger partial charge on any atom is -0.497 e. The number of rotatable bonds is 9. The number of halogens is 1. The molecule has 2 aromatic carbocycles. The van der Waals surface area contributed by atoms with E-state index >= 15 is 0 Å². The molecule has 0 aromatic heterocycles. The SMILES string of the molecule is CCNC(=NCC(c1cccc(OC)c1)N1CCCC1)Nc1ccc(OC)c(OC)c1.I. The first-order chi connectivity index (χ1) is 15.2. The lowest BCUT2D eigenvalue weighted by Crippen LogP contribution is -2.33. The second-order valence-corrected chi connectivity index (χ2v) is 7.45. The van der Waals surface area contributed by atoms with Gasteiger partial charge in [-0.25, -0.2) is 0 Å². The Labute approximate surface area is 208 Å². The fraction of sp³-hybridized carbons (Fsp3) is 0.458. The van der Waals surface area contributed by atoms with Crippen LogP contribution in [0.25, 0.3) is 0 Å². The lowest BCUT2D eigenvalue weighted by molar-refractivity contribution is 0.251. The van der Waals surface area contributed by atoms with Crippen LogP contribution in [0.4, 0.5) is 5.69 Å². The highest BCUT2D eigenvalue weighted by Gasteiger charge is 2.24. The van der Waals surface area contributed by atoms with Gasteiger partial charge in [0.25, 0.3) is 0 Å². The lowest BCUT2D eigenvalue weighted by Gasteiger charge is -2.27. The van der Waals surface area contributed by atoms with Crippen molar-refractivity contribution < 1.29 is 14.2 Å². The minimum atomic E-state index is 0. The van der Waals surface area contributed by atoms with Crippen molar-refractivity contribution in [3.63, 3.8) is 0 Å². The first-order valence-corrected chi connectivity index (χ1v) is 10.8. The Hall–Kier alpha value is -2.20. The molecule has 1 heterocycles. The highest BCUT2D eigenvalue weighted by molar-refractivity contribution is 14.0. The van der Waals surface area contributed by atoms with E-state index in [2.05, 4.69) is 34.6 Å². The maximum Gasteiger partial charge on any atom is 0.195 e. The monoisotopic (exact) mass is 554 g/mol. The number of methoxy groups -OCH3 is 3. The summed E-state index contributed by atoms with van der Waals surface area (Å²) in [5.41, 5.74) is 2.11. The van der Waals surface area contributed by atoms with Crippen molar-refractivity contribution in [2.45, 2.75) is 25.8 Å². The molecule has 1 aliphatic heterocycles. The third-order valence-electron chi connectivity index (χ3n) is 5.47. The Balaban J connectivity index is 0.00000363. The average Bonchev–Trinajstić information content (AvgIpc) is 3.34. The van der Waals surface area contributed by atoms with Crippen LogP contribution in [-0.4, -0.2) is 58.4 Å². The molecule has 1 fully saturated rings. The summed E-state index contributed by atoms with van der Waals surface area (Å²) >= 11 is 0. The first-order valence-electron chi connectivity index (χ1n) is 10.8. The van der Waals surface area contributed by atoms with Crippen molar-refractivity contribution in [1.82, 2.24) is 10.2 Å². The number of benzene rings is 2. The molecule has 0 radical (unpaired) electrons. The predicted octanol–water partition coefficient (Wildman–Crippen LogP) is 4.54.